The molecule has 0 radical (unpaired) electrons. The first kappa shape index (κ1) is 9.20. The fourth-order valence-corrected chi connectivity index (χ4v) is 1.42. The standard InChI is InChI=1S/C9H10N6O/c1-2-7(1)15-9(12-13-14-15)5-16-8-3-10-6-11-4-8/h3-4,6-7H,1-2,5H2. The zero-order valence-electron chi connectivity index (χ0n) is 8.52. The van der Waals surface area contributed by atoms with Crippen molar-refractivity contribution >= 4 is 0 Å². The minimum absolute atomic E-state index is 0.344. The molecule has 0 saturated heterocycles. The van der Waals surface area contributed by atoms with Gasteiger partial charge in [0, 0.05) is 0 Å². The zero-order valence-corrected chi connectivity index (χ0v) is 8.52. The molecular formula is C9H10N6O. The van der Waals surface area contributed by atoms with Gasteiger partial charge < -0.3 is 4.74 Å². The van der Waals surface area contributed by atoms with Gasteiger partial charge >= 0.3 is 0 Å². The molecule has 0 unspecified atom stereocenters. The average molecular weight is 218 g/mol. The molecule has 0 N–H and O–H groups in total. The molecule has 7 nitrogen and oxygen atoms in total. The molecule has 0 bridgehead atoms. The fraction of sp³-hybridized carbons (Fsp3) is 0.444. The second-order valence-electron chi connectivity index (χ2n) is 3.63. The second kappa shape index (κ2) is 3.84. The molecular weight excluding hydrogens is 208 g/mol. The van der Waals surface area contributed by atoms with Crippen molar-refractivity contribution in [3.8, 4) is 5.75 Å². The third-order valence-corrected chi connectivity index (χ3v) is 2.36. The molecule has 0 atom stereocenters. The third kappa shape index (κ3) is 1.83. The first-order valence-corrected chi connectivity index (χ1v) is 5.08. The number of ether oxygens (including phenoxy) is 1. The molecule has 1 fully saturated rings. The summed E-state index contributed by atoms with van der Waals surface area (Å²) in [5, 5.41) is 11.5. The van der Waals surface area contributed by atoms with E-state index in [0.29, 0.717) is 18.4 Å². The van der Waals surface area contributed by atoms with Gasteiger partial charge in [-0.05, 0) is 23.3 Å². The minimum atomic E-state index is 0.344. The van der Waals surface area contributed by atoms with Crippen molar-refractivity contribution in [2.24, 2.45) is 0 Å². The maximum Gasteiger partial charge on any atom is 0.189 e. The molecule has 0 amide bonds. The zero-order chi connectivity index (χ0) is 10.8. The summed E-state index contributed by atoms with van der Waals surface area (Å²) in [6.45, 7) is 0.344. The highest BCUT2D eigenvalue weighted by Gasteiger charge is 2.27. The quantitative estimate of drug-likeness (QED) is 0.738. The summed E-state index contributed by atoms with van der Waals surface area (Å²) in [5.41, 5.74) is 0. The maximum atomic E-state index is 5.48. The van der Waals surface area contributed by atoms with E-state index in [0.717, 1.165) is 18.7 Å². The van der Waals surface area contributed by atoms with E-state index in [1.54, 1.807) is 12.4 Å². The summed E-state index contributed by atoms with van der Waals surface area (Å²) in [4.78, 5) is 7.72. The Morgan fingerprint density at radius 2 is 2.12 bits per heavy atom. The largest absolute Gasteiger partial charge is 0.482 e. The summed E-state index contributed by atoms with van der Waals surface area (Å²) in [5.74, 6) is 1.36. The van der Waals surface area contributed by atoms with Gasteiger partial charge in [0.1, 0.15) is 12.9 Å². The van der Waals surface area contributed by atoms with Crippen LogP contribution < -0.4 is 4.74 Å². The first-order chi connectivity index (χ1) is 7.93. The van der Waals surface area contributed by atoms with Crippen LogP contribution in [0.15, 0.2) is 18.7 Å². The van der Waals surface area contributed by atoms with Crippen LogP contribution in [0, 0.1) is 0 Å². The van der Waals surface area contributed by atoms with Crippen molar-refractivity contribution in [1.29, 1.82) is 0 Å². The lowest BCUT2D eigenvalue weighted by atomic mass is 10.5. The van der Waals surface area contributed by atoms with Gasteiger partial charge in [-0.15, -0.1) is 5.10 Å². The lowest BCUT2D eigenvalue weighted by Gasteiger charge is -2.04. The predicted molar refractivity (Wildman–Crippen MR) is 52.5 cm³/mol. The van der Waals surface area contributed by atoms with Crippen molar-refractivity contribution in [2.75, 3.05) is 0 Å². The van der Waals surface area contributed by atoms with E-state index in [1.807, 2.05) is 4.68 Å². The number of nitrogens with zero attached hydrogens (tertiary/aromatic N) is 6. The van der Waals surface area contributed by atoms with Crippen LogP contribution in [0.3, 0.4) is 0 Å². The third-order valence-electron chi connectivity index (χ3n) is 2.36. The Labute approximate surface area is 91.5 Å². The van der Waals surface area contributed by atoms with Crippen molar-refractivity contribution in [1.82, 2.24) is 30.2 Å². The van der Waals surface area contributed by atoms with Gasteiger partial charge in [-0.3, -0.25) is 0 Å². The van der Waals surface area contributed by atoms with E-state index in [-0.39, 0.29) is 0 Å². The summed E-state index contributed by atoms with van der Waals surface area (Å²) in [6.07, 6.45) is 6.97. The predicted octanol–water partition coefficient (Wildman–Crippen LogP) is 0.377. The molecule has 1 aliphatic rings. The van der Waals surface area contributed by atoms with Gasteiger partial charge in [0.25, 0.3) is 0 Å². The summed E-state index contributed by atoms with van der Waals surface area (Å²) < 4.78 is 7.30. The van der Waals surface area contributed by atoms with E-state index < -0.39 is 0 Å². The van der Waals surface area contributed by atoms with Crippen LogP contribution in [0.25, 0.3) is 0 Å². The molecule has 7 heteroatoms. The van der Waals surface area contributed by atoms with Crippen molar-refractivity contribution < 1.29 is 4.74 Å². The molecule has 0 spiro atoms. The Morgan fingerprint density at radius 3 is 2.88 bits per heavy atom. The molecule has 2 aromatic rings. The van der Waals surface area contributed by atoms with E-state index in [2.05, 4.69) is 25.5 Å². The number of hydrogen-bond acceptors (Lipinski definition) is 6. The molecule has 0 aromatic carbocycles. The van der Waals surface area contributed by atoms with Crippen LogP contribution in [-0.4, -0.2) is 30.2 Å². The molecule has 2 heterocycles. The van der Waals surface area contributed by atoms with E-state index in [4.69, 9.17) is 4.74 Å². The van der Waals surface area contributed by atoms with Crippen molar-refractivity contribution in [3.63, 3.8) is 0 Å². The Balaban J connectivity index is 1.68. The minimum Gasteiger partial charge on any atom is -0.482 e. The first-order valence-electron chi connectivity index (χ1n) is 5.08. The number of rotatable bonds is 4. The Kier molecular flexibility index (Phi) is 2.21. The average Bonchev–Trinajstić information content (AvgIpc) is 3.07. The number of aromatic nitrogens is 6. The normalized spacial score (nSPS) is 15.0. The fourth-order valence-electron chi connectivity index (χ4n) is 1.42. The lowest BCUT2D eigenvalue weighted by molar-refractivity contribution is 0.284. The van der Waals surface area contributed by atoms with Gasteiger partial charge in [0.05, 0.1) is 18.4 Å². The summed E-state index contributed by atoms with van der Waals surface area (Å²) >= 11 is 0. The van der Waals surface area contributed by atoms with Gasteiger partial charge in [-0.1, -0.05) is 0 Å². The smallest absolute Gasteiger partial charge is 0.189 e. The lowest BCUT2D eigenvalue weighted by Crippen LogP contribution is -2.07. The summed E-state index contributed by atoms with van der Waals surface area (Å²) in [7, 11) is 0. The highest BCUT2D eigenvalue weighted by Crippen LogP contribution is 2.34. The van der Waals surface area contributed by atoms with E-state index in [1.165, 1.54) is 6.33 Å². The Morgan fingerprint density at radius 1 is 1.31 bits per heavy atom. The van der Waals surface area contributed by atoms with Crippen molar-refractivity contribution in [2.45, 2.75) is 25.5 Å². The Bertz CT molecular complexity index is 466. The summed E-state index contributed by atoms with van der Waals surface area (Å²) in [6, 6.07) is 0.459. The van der Waals surface area contributed by atoms with Gasteiger partial charge in [-0.25, -0.2) is 14.6 Å². The molecule has 16 heavy (non-hydrogen) atoms. The monoisotopic (exact) mass is 218 g/mol. The maximum absolute atomic E-state index is 5.48. The SMILES string of the molecule is c1ncc(OCc2nnnn2C2CC2)cn1. The van der Waals surface area contributed by atoms with E-state index >= 15 is 0 Å². The van der Waals surface area contributed by atoms with Crippen LogP contribution in [0.5, 0.6) is 5.75 Å². The van der Waals surface area contributed by atoms with Crippen LogP contribution in [0.4, 0.5) is 0 Å². The second-order valence-corrected chi connectivity index (χ2v) is 3.63. The van der Waals surface area contributed by atoms with Crippen molar-refractivity contribution in [3.05, 3.63) is 24.5 Å². The van der Waals surface area contributed by atoms with E-state index in [9.17, 15) is 0 Å². The van der Waals surface area contributed by atoms with Crippen LogP contribution in [0.2, 0.25) is 0 Å². The molecule has 3 rings (SSSR count). The molecule has 1 aliphatic carbocycles. The molecule has 82 valence electrons. The van der Waals surface area contributed by atoms with Crippen LogP contribution in [0.1, 0.15) is 24.7 Å². The molecule has 1 saturated carbocycles. The van der Waals surface area contributed by atoms with Gasteiger partial charge in [-0.2, -0.15) is 0 Å². The topological polar surface area (TPSA) is 78.6 Å². The van der Waals surface area contributed by atoms with Crippen LogP contribution >= 0.6 is 0 Å². The van der Waals surface area contributed by atoms with Gasteiger partial charge in [0.2, 0.25) is 0 Å². The molecule has 2 aromatic heterocycles. The van der Waals surface area contributed by atoms with Gasteiger partial charge in [0.15, 0.2) is 11.6 Å². The number of tetrazole rings is 1. The highest BCUT2D eigenvalue weighted by atomic mass is 16.5. The highest BCUT2D eigenvalue weighted by molar-refractivity contribution is 5.10. The number of hydrogen-bond donors (Lipinski definition) is 0. The Hall–Kier alpha value is -2.05. The van der Waals surface area contributed by atoms with Crippen LogP contribution in [-0.2, 0) is 6.61 Å². The molecule has 0 aliphatic heterocycles.